The van der Waals surface area contributed by atoms with Crippen molar-refractivity contribution >= 4 is 86.6 Å². The fourth-order valence-electron chi connectivity index (χ4n) is 13.2. The third kappa shape index (κ3) is 20.9. The molecule has 4 fully saturated rings. The summed E-state index contributed by atoms with van der Waals surface area (Å²) >= 11 is 0. The number of urea groups is 4. The molecule has 0 aromatic carbocycles. The Morgan fingerprint density at radius 2 is 0.832 bits per heavy atom. The summed E-state index contributed by atoms with van der Waals surface area (Å²) in [7, 11) is -14.8. The molecule has 0 saturated carbocycles. The van der Waals surface area contributed by atoms with Gasteiger partial charge in [0.05, 0.1) is 28.8 Å². The van der Waals surface area contributed by atoms with Gasteiger partial charge in [0.15, 0.2) is 28.2 Å². The average Bonchev–Trinajstić information content (AvgIpc) is 1.69. The topological polar surface area (TPSA) is 428 Å². The number of sulfone groups is 4. The Kier molecular flexibility index (Phi) is 28.2. The number of nitrogens with zero attached hydrogens (tertiary/aromatic N) is 14. The maximum absolute atomic E-state index is 15.6. The first-order valence-electron chi connectivity index (χ1n) is 35.7. The number of carbonyl (C=O) groups excluding carboxylic acids is 4. The molecule has 34 nitrogen and oxygen atoms in total. The fourth-order valence-corrected chi connectivity index (χ4v) is 19.9. The third-order valence-corrected chi connectivity index (χ3v) is 29.5. The molecule has 0 radical (unpaired) electrons. The van der Waals surface area contributed by atoms with Gasteiger partial charge in [0, 0.05) is 139 Å². The zero-order chi connectivity index (χ0) is 87.8. The lowest BCUT2D eigenvalue weighted by Crippen LogP contribution is -2.48. The normalized spacial score (nSPS) is 17.9. The molecule has 4 aliphatic rings. The van der Waals surface area contributed by atoms with Gasteiger partial charge in [0.25, 0.3) is 6.43 Å². The van der Waals surface area contributed by atoms with Crippen LogP contribution in [-0.4, -0.2) is 207 Å². The molecule has 652 valence electrons. The van der Waals surface area contributed by atoms with E-state index in [1.807, 2.05) is 0 Å². The number of piperidine rings is 4. The number of rotatable bonds is 18. The highest BCUT2D eigenvalue weighted by Crippen LogP contribution is 2.46. The van der Waals surface area contributed by atoms with Crippen LogP contribution in [0, 0.1) is 29.6 Å². The largest absolute Gasteiger partial charge is 0.481 e. The van der Waals surface area contributed by atoms with Crippen molar-refractivity contribution in [2.75, 3.05) is 80.7 Å². The van der Waals surface area contributed by atoms with Gasteiger partial charge in [0.1, 0.15) is 35.1 Å². The van der Waals surface area contributed by atoms with Crippen molar-refractivity contribution < 1.29 is 128 Å². The van der Waals surface area contributed by atoms with Crippen molar-refractivity contribution in [3.05, 3.63) is 127 Å². The quantitative estimate of drug-likeness (QED) is 0.0458. The standard InChI is InChI=1S/C18H21F4N5O3S.C17H18F4N4O4S.C17H21FN4O5S.C16H19F4N5O4S/c1-18(22,31(29,30)13-10-26(2)25-15(13)16(20)21)11-5-7-27(8-6-11)17(28)24-12-3-4-14(19)23-9-12;1-16(18,30(27,28)12-2-3-13(22-10-12)17(19,20)21)11-4-7-25(8-5-11)15(26)23-14-6-9-29-24-14;1-17(18,28(24,25)13-3-4-15(26-2)19-11-13)12-5-8-22(9-6-12)16(23)20-14-7-10-27-21-14;1-15(17,30(27,28)13-9-11(16(18,19)20)22-24(13)2)10-3-6-25(7-4-10)14(26)21-12-5-8-29-23-12/h3-4,9-11,16H,5-8H2,1-2H3,(H,24,28);2-3,6,9-11H,4-5,7-8H2,1H3,(H,23,24,26);3-4,7,10-12H,5-6,8-9H2,1-2H3,(H,20,21,23);5,8-10H,3-4,6-7H2,1-2H3,(H,21,23,26)/t18-;16-;17-;15-/m1111/s1. The predicted octanol–water partition coefficient (Wildman–Crippen LogP) is 12.1. The molecule has 8 aromatic heterocycles. The van der Waals surface area contributed by atoms with Gasteiger partial charge in [-0.2, -0.15) is 40.9 Å². The number of amides is 8. The number of hydrogen-bond acceptors (Lipinski definition) is 24. The van der Waals surface area contributed by atoms with Gasteiger partial charge in [-0.05, 0) is 109 Å². The Morgan fingerprint density at radius 3 is 1.14 bits per heavy atom. The maximum Gasteiger partial charge on any atom is 0.435 e. The van der Waals surface area contributed by atoms with Crippen LogP contribution < -0.4 is 26.0 Å². The van der Waals surface area contributed by atoms with Crippen LogP contribution >= 0.6 is 0 Å². The molecule has 12 rings (SSSR count). The van der Waals surface area contributed by atoms with E-state index in [9.17, 15) is 92.4 Å². The second-order valence-corrected chi connectivity index (χ2v) is 37.0. The molecule has 0 aliphatic carbocycles. The molecule has 8 amide bonds. The van der Waals surface area contributed by atoms with Crippen LogP contribution in [0.1, 0.15) is 103 Å². The number of nitrogens with one attached hydrogen (secondary N) is 4. The van der Waals surface area contributed by atoms with Gasteiger partial charge >= 0.3 is 36.5 Å². The van der Waals surface area contributed by atoms with Crippen molar-refractivity contribution in [1.82, 2.24) is 69.6 Å². The van der Waals surface area contributed by atoms with Gasteiger partial charge in [-0.15, -0.1) is 0 Å². The molecule has 4 N–H and O–H groups in total. The van der Waals surface area contributed by atoms with Crippen LogP contribution in [0.15, 0.2) is 138 Å². The molecule has 0 spiro atoms. The van der Waals surface area contributed by atoms with Crippen molar-refractivity contribution in [1.29, 1.82) is 0 Å². The maximum atomic E-state index is 15.6. The summed E-state index contributed by atoms with van der Waals surface area (Å²) in [6.07, 6.45) is -4.76. The first kappa shape index (κ1) is 92.2. The SMILES string of the molecule is COc1ccc(S(=O)(=O)[C@@](C)(F)C2CCN(C(=O)Nc3ccon3)CC2)cn1.C[C@](F)(C1CCN(C(=O)Nc2ccon2)CC1)S(=O)(=O)c1ccc(C(F)(F)F)nc1.Cn1cc(S(=O)(=O)[C@@](C)(F)C2CCN(C(=O)Nc3ccc(F)nc3)CC2)c(C(F)F)n1.Cn1nc(C(F)(F)F)cc1S(=O)(=O)[C@@](C)(F)C1CCN(C(=O)Nc2ccon2)CC1. The van der Waals surface area contributed by atoms with Crippen LogP contribution in [0.4, 0.5) is 99.4 Å². The molecule has 4 saturated heterocycles. The first-order valence-corrected chi connectivity index (χ1v) is 41.7. The summed E-state index contributed by atoms with van der Waals surface area (Å²) in [6, 6.07) is 9.03. The van der Waals surface area contributed by atoms with E-state index in [1.54, 1.807) is 0 Å². The average molecular weight is 1780 g/mol. The summed E-state index contributed by atoms with van der Waals surface area (Å²) in [5.74, 6) is -3.54. The van der Waals surface area contributed by atoms with Crippen LogP contribution in [0.25, 0.3) is 0 Å². The van der Waals surface area contributed by atoms with Gasteiger partial charge in [0.2, 0.25) is 71.2 Å². The van der Waals surface area contributed by atoms with Crippen molar-refractivity contribution in [2.24, 2.45) is 37.8 Å². The van der Waals surface area contributed by atoms with E-state index in [1.165, 1.54) is 88.9 Å². The number of aromatic nitrogens is 10. The van der Waals surface area contributed by atoms with Crippen LogP contribution in [-0.2, 0) is 65.8 Å². The first-order chi connectivity index (χ1) is 55.4. The fraction of sp³-hybridized carbons (Fsp3) is 0.500. The van der Waals surface area contributed by atoms with Gasteiger partial charge in [-0.3, -0.25) is 30.3 Å². The highest BCUT2D eigenvalue weighted by atomic mass is 32.2. The molecular formula is C68H79F13N18O16S4. The van der Waals surface area contributed by atoms with Crippen LogP contribution in [0.2, 0.25) is 0 Å². The summed E-state index contributed by atoms with van der Waals surface area (Å²) in [4.78, 5) is 63.2. The Hall–Kier alpha value is -10.7. The number of pyridine rings is 3. The number of aryl methyl sites for hydroxylation is 2. The van der Waals surface area contributed by atoms with E-state index in [2.05, 4.69) is 75.5 Å². The van der Waals surface area contributed by atoms with Gasteiger partial charge < -0.3 is 43.2 Å². The summed E-state index contributed by atoms with van der Waals surface area (Å²) in [6.45, 7) is 4.50. The lowest BCUT2D eigenvalue weighted by Gasteiger charge is -2.37. The van der Waals surface area contributed by atoms with Crippen LogP contribution in [0.5, 0.6) is 5.88 Å². The van der Waals surface area contributed by atoms with E-state index in [0.29, 0.717) is 29.1 Å². The number of halogens is 13. The third-order valence-electron chi connectivity index (χ3n) is 20.4. The van der Waals surface area contributed by atoms with E-state index >= 15 is 17.6 Å². The molecule has 12 heterocycles. The van der Waals surface area contributed by atoms with Crippen molar-refractivity contribution in [2.45, 2.75) is 138 Å². The van der Waals surface area contributed by atoms with E-state index in [4.69, 9.17) is 4.74 Å². The van der Waals surface area contributed by atoms with Gasteiger partial charge in [-0.1, -0.05) is 15.5 Å². The number of likely N-dealkylation sites (tertiary alicyclic amines) is 4. The van der Waals surface area contributed by atoms with Crippen LogP contribution in [0.3, 0.4) is 0 Å². The highest BCUT2D eigenvalue weighted by molar-refractivity contribution is 7.93. The number of hydrogen-bond donors (Lipinski definition) is 4. The number of anilines is 4. The summed E-state index contributed by atoms with van der Waals surface area (Å²) in [5.41, 5.74) is -3.41. The van der Waals surface area contributed by atoms with E-state index in [0.717, 1.165) is 64.1 Å². The monoisotopic (exact) mass is 1780 g/mol. The lowest BCUT2D eigenvalue weighted by molar-refractivity contribution is -0.142. The molecule has 4 atom stereocenters. The molecule has 51 heteroatoms. The molecule has 0 bridgehead atoms. The minimum atomic E-state index is -4.86. The van der Waals surface area contributed by atoms with Crippen molar-refractivity contribution in [3.63, 3.8) is 0 Å². The molecule has 119 heavy (non-hydrogen) atoms. The highest BCUT2D eigenvalue weighted by Gasteiger charge is 2.55. The number of methoxy groups -OCH3 is 1. The minimum Gasteiger partial charge on any atom is -0.481 e. The Labute approximate surface area is 670 Å². The Morgan fingerprint density at radius 1 is 0.462 bits per heavy atom. The molecular weight excluding hydrogens is 1700 g/mol. The zero-order valence-corrected chi connectivity index (χ0v) is 67.1. The van der Waals surface area contributed by atoms with E-state index in [-0.39, 0.29) is 138 Å². The predicted molar refractivity (Wildman–Crippen MR) is 390 cm³/mol. The number of ether oxygens (including phenoxy) is 1. The molecule has 8 aromatic rings. The molecule has 4 aliphatic heterocycles. The second-order valence-electron chi connectivity index (χ2n) is 28.0. The van der Waals surface area contributed by atoms with Crippen molar-refractivity contribution in [3.8, 4) is 5.88 Å². The van der Waals surface area contributed by atoms with Gasteiger partial charge in [-0.25, -0.2) is 89.2 Å². The summed E-state index contributed by atoms with van der Waals surface area (Å²) < 4.78 is 300. The Balaban J connectivity index is 0.000000181. The van der Waals surface area contributed by atoms with E-state index < -0.39 is 164 Å². The molecule has 0 unspecified atom stereocenters. The number of alkyl halides is 12. The minimum absolute atomic E-state index is 0.00243. The lowest BCUT2D eigenvalue weighted by atomic mass is 9.92. The smallest absolute Gasteiger partial charge is 0.435 e. The Bertz CT molecular complexity index is 5250. The second kappa shape index (κ2) is 36.5. The summed E-state index contributed by atoms with van der Waals surface area (Å²) in [5, 5.41) is 15.6. The zero-order valence-electron chi connectivity index (χ0n) is 63.9. The number of carbonyl (C=O) groups is 4.